The van der Waals surface area contributed by atoms with Crippen molar-refractivity contribution in [2.45, 2.75) is 5.41 Å². The summed E-state index contributed by atoms with van der Waals surface area (Å²) in [5.41, 5.74) is 5.87. The molecule has 1 spiro atoms. The molecule has 0 bridgehead atoms. The summed E-state index contributed by atoms with van der Waals surface area (Å²) in [4.78, 5) is 0. The summed E-state index contributed by atoms with van der Waals surface area (Å²) in [7, 11) is 0. The summed E-state index contributed by atoms with van der Waals surface area (Å²) in [6, 6.07) is 42.0. The predicted molar refractivity (Wildman–Crippen MR) is 201 cm³/mol. The number of hydrogen-bond acceptors (Lipinski definition) is 1. The smallest absolute Gasteiger partial charge is 0.132 e. The first-order chi connectivity index (χ1) is 27.2. The van der Waals surface area contributed by atoms with Gasteiger partial charge < -0.3 is 9.30 Å². The van der Waals surface area contributed by atoms with Crippen molar-refractivity contribution in [3.63, 3.8) is 0 Å². The second-order valence-corrected chi connectivity index (χ2v) is 12.7. The van der Waals surface area contributed by atoms with E-state index in [0.717, 1.165) is 60.5 Å². The van der Waals surface area contributed by atoms with Crippen molar-refractivity contribution in [2.75, 3.05) is 0 Å². The Morgan fingerprint density at radius 3 is 2.04 bits per heavy atom. The molecule has 0 saturated carbocycles. The molecule has 0 atom stereocenters. The predicted octanol–water partition coefficient (Wildman–Crippen LogP) is 12.1. The lowest BCUT2D eigenvalue weighted by Gasteiger charge is -2.39. The van der Waals surface area contributed by atoms with E-state index in [1.165, 1.54) is 0 Å². The Labute approximate surface area is 293 Å². The largest absolute Gasteiger partial charge is 0.457 e. The van der Waals surface area contributed by atoms with Crippen molar-refractivity contribution in [1.82, 2.24) is 4.57 Å². The molecule has 2 heteroatoms. The third-order valence-electron chi connectivity index (χ3n) is 10.3. The number of rotatable bonds is 2. The number of nitrogens with zero attached hydrogens (tertiary/aromatic N) is 1. The molecule has 0 unspecified atom stereocenters. The minimum absolute atomic E-state index is 0.0438. The third-order valence-corrected chi connectivity index (χ3v) is 10.3. The molecule has 0 fully saturated rings. The van der Waals surface area contributed by atoms with Gasteiger partial charge in [0.1, 0.15) is 11.5 Å². The lowest BCUT2D eigenvalue weighted by Crippen LogP contribution is -2.32. The van der Waals surface area contributed by atoms with E-state index in [4.69, 9.17) is 8.85 Å². The summed E-state index contributed by atoms with van der Waals surface area (Å²) >= 11 is 0. The lowest BCUT2D eigenvalue weighted by molar-refractivity contribution is 0.436. The van der Waals surface area contributed by atoms with Crippen molar-refractivity contribution >= 4 is 32.6 Å². The summed E-state index contributed by atoms with van der Waals surface area (Å²) in [6.45, 7) is 0. The van der Waals surface area contributed by atoms with E-state index >= 15 is 0 Å². The molecule has 9 aromatic rings. The van der Waals surface area contributed by atoms with Crippen LogP contribution in [0.3, 0.4) is 0 Å². The molecule has 49 heavy (non-hydrogen) atoms. The van der Waals surface area contributed by atoms with E-state index in [1.807, 2.05) is 97.1 Å². The molecular weight excluding hydrogens is 595 g/mol. The summed E-state index contributed by atoms with van der Waals surface area (Å²) in [6.07, 6.45) is 0. The van der Waals surface area contributed by atoms with Gasteiger partial charge in [0, 0.05) is 33.0 Å². The van der Waals surface area contributed by atoms with Crippen LogP contribution in [0, 0.1) is 0 Å². The summed E-state index contributed by atoms with van der Waals surface area (Å²) in [5, 5.41) is 4.27. The molecule has 2 heterocycles. The van der Waals surface area contributed by atoms with Crippen LogP contribution in [-0.4, -0.2) is 4.57 Å². The van der Waals surface area contributed by atoms with Gasteiger partial charge in [0.25, 0.3) is 0 Å². The first-order valence-corrected chi connectivity index (χ1v) is 16.4. The van der Waals surface area contributed by atoms with Gasteiger partial charge in [-0.1, -0.05) is 139 Å². The fourth-order valence-corrected chi connectivity index (χ4v) is 8.30. The second kappa shape index (κ2) is 9.82. The Morgan fingerprint density at radius 2 is 1.20 bits per heavy atom. The van der Waals surface area contributed by atoms with Crippen LogP contribution >= 0.6 is 0 Å². The molecule has 1 aliphatic heterocycles. The molecule has 11 rings (SSSR count). The topological polar surface area (TPSA) is 14.2 Å². The van der Waals surface area contributed by atoms with Gasteiger partial charge in [-0.05, 0) is 75.1 Å². The van der Waals surface area contributed by atoms with Crippen LogP contribution in [0.4, 0.5) is 0 Å². The van der Waals surface area contributed by atoms with Crippen LogP contribution in [0.25, 0.3) is 60.5 Å². The maximum absolute atomic E-state index is 10.2. The van der Waals surface area contributed by atoms with Gasteiger partial charge in [0.2, 0.25) is 0 Å². The van der Waals surface area contributed by atoms with E-state index in [2.05, 4.69) is 41.0 Å². The van der Waals surface area contributed by atoms with Crippen LogP contribution in [0.5, 0.6) is 11.5 Å². The van der Waals surface area contributed by atoms with Gasteiger partial charge in [-0.2, -0.15) is 0 Å². The molecule has 8 aromatic carbocycles. The molecular formula is C47H29NO. The molecule has 0 radical (unpaired) electrons. The van der Waals surface area contributed by atoms with Crippen molar-refractivity contribution < 1.29 is 14.3 Å². The van der Waals surface area contributed by atoms with Gasteiger partial charge >= 0.3 is 0 Å². The van der Waals surface area contributed by atoms with Crippen molar-refractivity contribution in [3.8, 4) is 39.4 Å². The number of ether oxygens (including phenoxy) is 1. The van der Waals surface area contributed by atoms with Crippen LogP contribution in [-0.2, 0) is 5.41 Å². The lowest BCUT2D eigenvalue weighted by atomic mass is 9.66. The fourth-order valence-electron chi connectivity index (χ4n) is 8.30. The van der Waals surface area contributed by atoms with E-state index in [0.29, 0.717) is 5.56 Å². The van der Waals surface area contributed by atoms with E-state index in [1.54, 1.807) is 0 Å². The minimum Gasteiger partial charge on any atom is -0.457 e. The van der Waals surface area contributed by atoms with Gasteiger partial charge in [-0.3, -0.25) is 0 Å². The normalized spacial score (nSPS) is 15.6. The van der Waals surface area contributed by atoms with Crippen molar-refractivity contribution in [1.29, 1.82) is 0 Å². The zero-order chi connectivity index (χ0) is 38.2. The van der Waals surface area contributed by atoms with E-state index in [-0.39, 0.29) is 58.4 Å². The highest BCUT2D eigenvalue weighted by Crippen LogP contribution is 2.62. The van der Waals surface area contributed by atoms with Crippen LogP contribution in [0.15, 0.2) is 176 Å². The quantitative estimate of drug-likeness (QED) is 0.185. The maximum Gasteiger partial charge on any atom is 0.132 e. The van der Waals surface area contributed by atoms with E-state index < -0.39 is 17.5 Å². The Morgan fingerprint density at radius 1 is 0.510 bits per heavy atom. The van der Waals surface area contributed by atoms with Crippen molar-refractivity contribution in [3.05, 3.63) is 198 Å². The second-order valence-electron chi connectivity index (χ2n) is 12.7. The van der Waals surface area contributed by atoms with Gasteiger partial charge in [-0.15, -0.1) is 0 Å². The fraction of sp³-hybridized carbons (Fsp3) is 0.0213. The van der Waals surface area contributed by atoms with Gasteiger partial charge in [-0.25, -0.2) is 0 Å². The van der Waals surface area contributed by atoms with Crippen molar-refractivity contribution in [2.24, 2.45) is 0 Å². The molecule has 1 aliphatic carbocycles. The Bertz CT molecular complexity index is 3160. The molecule has 1 aromatic heterocycles. The Kier molecular flexibility index (Phi) is 4.16. The zero-order valence-corrected chi connectivity index (χ0v) is 26.1. The number of para-hydroxylation sites is 2. The number of aromatic nitrogens is 1. The van der Waals surface area contributed by atoms with E-state index in [9.17, 15) is 5.48 Å². The van der Waals surface area contributed by atoms with Gasteiger partial charge in [0.15, 0.2) is 0 Å². The first-order valence-electron chi connectivity index (χ1n) is 19.9. The zero-order valence-electron chi connectivity index (χ0n) is 33.1. The van der Waals surface area contributed by atoms with Crippen LogP contribution in [0.2, 0.25) is 0 Å². The summed E-state index contributed by atoms with van der Waals surface area (Å²) < 4.78 is 73.7. The van der Waals surface area contributed by atoms with Crippen LogP contribution in [0.1, 0.15) is 31.8 Å². The highest BCUT2D eigenvalue weighted by Gasteiger charge is 2.51. The monoisotopic (exact) mass is 630 g/mol. The molecule has 0 saturated heterocycles. The standard InChI is InChI=1S/C47H29NO/c1-2-13-33(14-3-1)48-43-29-32(23-25-37(43)38-26-22-30-12-4-5-15-34(30)46(38)48)31-24-27-45-42(28-31)47(41-20-10-11-21-44(41)49-45)39-18-8-6-16-35(39)36-17-7-9-19-40(36)47/h1-29H/i10D,11D,20D,21D,24D,27D,28D. The molecule has 228 valence electrons. The molecule has 0 N–H and O–H groups in total. The van der Waals surface area contributed by atoms with Gasteiger partial charge in [0.05, 0.1) is 26.0 Å². The van der Waals surface area contributed by atoms with Crippen LogP contribution < -0.4 is 4.74 Å². The number of fused-ring (bicyclic) bond motifs is 14. The number of hydrogen-bond donors (Lipinski definition) is 0. The molecule has 2 nitrogen and oxygen atoms in total. The Hall–Kier alpha value is -6.38. The third kappa shape index (κ3) is 3.50. The number of benzene rings is 8. The molecule has 2 aliphatic rings. The first kappa shape index (κ1) is 20.8. The average Bonchev–Trinajstić information content (AvgIpc) is 3.72. The highest BCUT2D eigenvalue weighted by atomic mass is 16.5. The SMILES string of the molecule is [2H]c1c([2H])c([2H])c2c(c1[2H])Oc1c([2H])c([2H])c(-c3ccc4c5ccc6ccccc6c5n(-c5ccccc5)c4c3)c([2H])c1C21c2ccccc2-c2ccccc21. The Balaban J connectivity index is 1.28. The molecule has 0 amide bonds. The maximum atomic E-state index is 10.2. The minimum atomic E-state index is -1.45. The highest BCUT2D eigenvalue weighted by molar-refractivity contribution is 6.19. The average molecular weight is 631 g/mol. The summed E-state index contributed by atoms with van der Waals surface area (Å²) in [5.74, 6) is -0.158.